The minimum atomic E-state index is -5.18. The molecule has 3 amide bonds. The number of amides is 3. The Hall–Kier alpha value is -1.61. The summed E-state index contributed by atoms with van der Waals surface area (Å²) < 4.78 is 62.6. The predicted octanol–water partition coefficient (Wildman–Crippen LogP) is -1.36. The number of alkyl halides is 2. The van der Waals surface area contributed by atoms with Crippen LogP contribution in [-0.4, -0.2) is 78.6 Å². The first-order chi connectivity index (χ1) is 11.6. The lowest BCUT2D eigenvalue weighted by atomic mass is 9.96. The van der Waals surface area contributed by atoms with Crippen molar-refractivity contribution in [3.05, 3.63) is 0 Å². The maximum absolute atomic E-state index is 14.2. The van der Waals surface area contributed by atoms with Crippen molar-refractivity contribution in [2.75, 3.05) is 19.6 Å². The van der Waals surface area contributed by atoms with Crippen LogP contribution in [0.4, 0.5) is 13.6 Å². The highest BCUT2D eigenvalue weighted by Gasteiger charge is 2.62. The molecule has 3 aliphatic rings. The van der Waals surface area contributed by atoms with E-state index in [9.17, 15) is 26.8 Å². The number of hydrogen-bond acceptors (Lipinski definition) is 7. The zero-order valence-electron chi connectivity index (χ0n) is 12.7. The van der Waals surface area contributed by atoms with Crippen LogP contribution in [0.3, 0.4) is 0 Å². The quantitative estimate of drug-likeness (QED) is 0.389. The molecule has 0 aromatic heterocycles. The Morgan fingerprint density at radius 2 is 2.16 bits per heavy atom. The van der Waals surface area contributed by atoms with Gasteiger partial charge >= 0.3 is 16.4 Å². The number of carbonyl (C=O) groups is 2. The molecule has 0 aliphatic carbocycles. The molecule has 3 heterocycles. The van der Waals surface area contributed by atoms with E-state index in [0.717, 1.165) is 4.90 Å². The van der Waals surface area contributed by atoms with Crippen LogP contribution >= 0.6 is 0 Å². The van der Waals surface area contributed by atoms with Gasteiger partial charge in [-0.1, -0.05) is 0 Å². The minimum Gasteiger partial charge on any atom is -0.314 e. The van der Waals surface area contributed by atoms with Gasteiger partial charge in [0.2, 0.25) is 0 Å². The molecule has 11 nitrogen and oxygen atoms in total. The van der Waals surface area contributed by atoms with Gasteiger partial charge in [-0.25, -0.2) is 19.1 Å². The normalized spacial score (nSPS) is 31.5. The maximum Gasteiger partial charge on any atom is 0.418 e. The van der Waals surface area contributed by atoms with Crippen molar-refractivity contribution in [3.8, 4) is 0 Å². The van der Waals surface area contributed by atoms with Gasteiger partial charge in [-0.2, -0.15) is 13.5 Å². The number of hydroxylamine groups is 3. The third-order valence-corrected chi connectivity index (χ3v) is 4.58. The van der Waals surface area contributed by atoms with Crippen LogP contribution in [0.15, 0.2) is 0 Å². The number of nitrogens with zero attached hydrogens (tertiary/aromatic N) is 2. The van der Waals surface area contributed by atoms with Crippen molar-refractivity contribution in [1.29, 1.82) is 0 Å². The van der Waals surface area contributed by atoms with Gasteiger partial charge < -0.3 is 10.2 Å². The third kappa shape index (κ3) is 3.67. The molecular formula is C11H16F2N4O7S. The van der Waals surface area contributed by atoms with Gasteiger partial charge in [0.25, 0.3) is 11.8 Å². The van der Waals surface area contributed by atoms with Crippen LogP contribution in [0.5, 0.6) is 0 Å². The van der Waals surface area contributed by atoms with E-state index >= 15 is 0 Å². The minimum absolute atomic E-state index is 0.121. The first-order valence-electron chi connectivity index (χ1n) is 7.39. The summed E-state index contributed by atoms with van der Waals surface area (Å²) in [5, 5.41) is 2.86. The molecule has 0 aromatic carbocycles. The van der Waals surface area contributed by atoms with Crippen LogP contribution in [0.25, 0.3) is 0 Å². The second-order valence-corrected chi connectivity index (χ2v) is 6.96. The predicted molar refractivity (Wildman–Crippen MR) is 74.2 cm³/mol. The van der Waals surface area contributed by atoms with Gasteiger partial charge in [0, 0.05) is 13.0 Å². The zero-order chi connectivity index (χ0) is 18.4. The van der Waals surface area contributed by atoms with Crippen LogP contribution in [0.2, 0.25) is 0 Å². The lowest BCUT2D eigenvalue weighted by Crippen LogP contribution is -2.56. The first-order valence-corrected chi connectivity index (χ1v) is 8.76. The Morgan fingerprint density at radius 1 is 1.44 bits per heavy atom. The second kappa shape index (κ2) is 6.28. The molecule has 3 aliphatic heterocycles. The van der Waals surface area contributed by atoms with Crippen LogP contribution in [0.1, 0.15) is 12.8 Å². The summed E-state index contributed by atoms with van der Waals surface area (Å²) in [5.41, 5.74) is 2.07. The summed E-state index contributed by atoms with van der Waals surface area (Å²) in [6.07, 6.45) is -0.719. The largest absolute Gasteiger partial charge is 0.418 e. The molecule has 1 unspecified atom stereocenters. The molecule has 2 bridgehead atoms. The number of hydrogen-bond donors (Lipinski definition) is 3. The number of piperidine rings is 1. The first kappa shape index (κ1) is 18.2. The molecule has 3 fully saturated rings. The zero-order valence-corrected chi connectivity index (χ0v) is 13.5. The number of nitrogens with one attached hydrogen (secondary N) is 2. The molecule has 0 spiro atoms. The van der Waals surface area contributed by atoms with Gasteiger partial charge in [0.05, 0.1) is 12.6 Å². The lowest BCUT2D eigenvalue weighted by molar-refractivity contribution is -0.161. The number of halogens is 2. The molecule has 0 saturated carbocycles. The number of fused-ring (bicyclic) bond motifs is 2. The fourth-order valence-corrected chi connectivity index (χ4v) is 3.40. The highest BCUT2D eigenvalue weighted by Crippen LogP contribution is 2.41. The Balaban J connectivity index is 1.72. The number of rotatable bonds is 5. The molecule has 0 aromatic rings. The van der Waals surface area contributed by atoms with E-state index in [1.807, 2.05) is 0 Å². The summed E-state index contributed by atoms with van der Waals surface area (Å²) in [5.74, 6) is -4.56. The average Bonchev–Trinajstić information content (AvgIpc) is 3.10. The smallest absolute Gasteiger partial charge is 0.314 e. The van der Waals surface area contributed by atoms with Gasteiger partial charge in [-0.15, -0.1) is 4.28 Å². The molecule has 3 saturated heterocycles. The second-order valence-electron chi connectivity index (χ2n) is 5.96. The van der Waals surface area contributed by atoms with Crippen molar-refractivity contribution < 1.29 is 40.5 Å². The standard InChI is InChI=1S/C11H16F2N4O7S/c12-11(13)3-7(9(18)15-23-6-1-2-14-4-6)16-5-8(11)17(10(16)19)24-25(20,21)22/h6-8,14H,1-5H2,(H,15,18)(H,20,21,22)/t6?,7-,8-/m0/s1. The molecule has 14 heteroatoms. The van der Waals surface area contributed by atoms with Gasteiger partial charge in [-0.05, 0) is 13.0 Å². The van der Waals surface area contributed by atoms with Crippen LogP contribution < -0.4 is 10.8 Å². The van der Waals surface area contributed by atoms with Crippen molar-refractivity contribution in [2.45, 2.75) is 37.0 Å². The van der Waals surface area contributed by atoms with E-state index in [-0.39, 0.29) is 11.2 Å². The molecule has 25 heavy (non-hydrogen) atoms. The average molecular weight is 386 g/mol. The SMILES string of the molecule is O=C(NOC1CCNC1)[C@@H]1CC(F)(F)[C@@H]2CN1C(=O)N2OS(=O)(=O)O. The highest BCUT2D eigenvalue weighted by atomic mass is 32.3. The molecule has 3 atom stereocenters. The van der Waals surface area contributed by atoms with E-state index in [1.165, 1.54) is 0 Å². The Kier molecular flexibility index (Phi) is 4.57. The van der Waals surface area contributed by atoms with Crippen molar-refractivity contribution >= 4 is 22.3 Å². The molecule has 0 radical (unpaired) electrons. The summed E-state index contributed by atoms with van der Waals surface area (Å²) in [7, 11) is -5.18. The number of carbonyl (C=O) groups excluding carboxylic acids is 2. The Morgan fingerprint density at radius 3 is 2.76 bits per heavy atom. The summed E-state index contributed by atoms with van der Waals surface area (Å²) in [4.78, 5) is 30.1. The monoisotopic (exact) mass is 386 g/mol. The molecule has 142 valence electrons. The fourth-order valence-electron chi connectivity index (χ4n) is 3.03. The highest BCUT2D eigenvalue weighted by molar-refractivity contribution is 7.80. The van der Waals surface area contributed by atoms with E-state index in [2.05, 4.69) is 15.1 Å². The van der Waals surface area contributed by atoms with Crippen molar-refractivity contribution in [2.24, 2.45) is 0 Å². The molecule has 3 N–H and O–H groups in total. The third-order valence-electron chi connectivity index (χ3n) is 4.23. The molecular weight excluding hydrogens is 370 g/mol. The van der Waals surface area contributed by atoms with E-state index in [1.54, 1.807) is 0 Å². The molecule has 3 rings (SSSR count). The Labute approximate surface area is 141 Å². The van der Waals surface area contributed by atoms with Crippen LogP contribution in [-0.2, 0) is 24.3 Å². The van der Waals surface area contributed by atoms with E-state index in [4.69, 9.17) is 9.39 Å². The van der Waals surface area contributed by atoms with Crippen LogP contribution in [0, 0.1) is 0 Å². The fraction of sp³-hybridized carbons (Fsp3) is 0.818. The number of urea groups is 1. The summed E-state index contributed by atoms with van der Waals surface area (Å²) >= 11 is 0. The lowest BCUT2D eigenvalue weighted by Gasteiger charge is -2.34. The van der Waals surface area contributed by atoms with Gasteiger partial charge in [0.1, 0.15) is 12.1 Å². The van der Waals surface area contributed by atoms with Gasteiger partial charge in [-0.3, -0.25) is 14.2 Å². The Bertz CT molecular complexity index is 669. The topological polar surface area (TPSA) is 138 Å². The van der Waals surface area contributed by atoms with Crippen molar-refractivity contribution in [1.82, 2.24) is 20.8 Å². The summed E-state index contributed by atoms with van der Waals surface area (Å²) in [6.45, 7) is 0.544. The van der Waals surface area contributed by atoms with E-state index in [0.29, 0.717) is 19.5 Å². The van der Waals surface area contributed by atoms with Gasteiger partial charge in [0.15, 0.2) is 0 Å². The maximum atomic E-state index is 14.2. The van der Waals surface area contributed by atoms with E-state index < -0.39 is 53.3 Å². The summed E-state index contributed by atoms with van der Waals surface area (Å²) in [6, 6.07) is -4.77. The van der Waals surface area contributed by atoms with Crippen molar-refractivity contribution in [3.63, 3.8) is 0 Å².